The van der Waals surface area contributed by atoms with Gasteiger partial charge in [-0.1, -0.05) is 11.8 Å². The second-order valence-corrected chi connectivity index (χ2v) is 4.49. The molecule has 2 rings (SSSR count). The molecule has 0 saturated heterocycles. The highest BCUT2D eigenvalue weighted by Gasteiger charge is 2.18. The van der Waals surface area contributed by atoms with Crippen LogP contribution in [0.15, 0.2) is 14.7 Å². The Balaban J connectivity index is 2.76. The first-order valence-electron chi connectivity index (χ1n) is 4.47. The lowest BCUT2D eigenvalue weighted by molar-refractivity contribution is 0.466. The third-order valence-corrected chi connectivity index (χ3v) is 3.08. The largest absolute Gasteiger partial charge is 0.354 e. The molecule has 1 aliphatic rings. The smallest absolute Gasteiger partial charge is 0.271 e. The van der Waals surface area contributed by atoms with E-state index in [2.05, 4.69) is 4.98 Å². The van der Waals surface area contributed by atoms with Gasteiger partial charge in [0.15, 0.2) is 5.16 Å². The van der Waals surface area contributed by atoms with Gasteiger partial charge in [0.2, 0.25) is 0 Å². The molecular weight excluding hydrogens is 202 g/mol. The molecule has 0 fully saturated rings. The Kier molecular flexibility index (Phi) is 2.22. The average Bonchev–Trinajstić information content (AvgIpc) is 2.50. The predicted molar refractivity (Wildman–Crippen MR) is 53.9 cm³/mol. The molecule has 0 bridgehead atoms. The van der Waals surface area contributed by atoms with Gasteiger partial charge in [-0.25, -0.2) is 14.2 Å². The van der Waals surface area contributed by atoms with E-state index in [1.165, 1.54) is 16.3 Å². The quantitative estimate of drug-likeness (QED) is 0.663. The van der Waals surface area contributed by atoms with Gasteiger partial charge in [0.1, 0.15) is 0 Å². The number of rotatable bonds is 1. The van der Waals surface area contributed by atoms with Gasteiger partial charge in [0.05, 0.1) is 0 Å². The van der Waals surface area contributed by atoms with E-state index in [4.69, 9.17) is 0 Å². The van der Waals surface area contributed by atoms with Crippen LogP contribution in [-0.4, -0.2) is 19.9 Å². The summed E-state index contributed by atoms with van der Waals surface area (Å²) in [7, 11) is 0. The van der Waals surface area contributed by atoms with Crippen molar-refractivity contribution in [1.29, 1.82) is 0 Å². The molecule has 1 aromatic heterocycles. The summed E-state index contributed by atoms with van der Waals surface area (Å²) < 4.78 is 2.75. The topological polar surface area (TPSA) is 56.9 Å². The molecule has 0 radical (unpaired) electrons. The van der Waals surface area contributed by atoms with Crippen LogP contribution in [-0.2, 0) is 6.54 Å². The molecule has 0 N–H and O–H groups in total. The van der Waals surface area contributed by atoms with Gasteiger partial charge in [-0.2, -0.15) is 4.98 Å². The van der Waals surface area contributed by atoms with Crippen molar-refractivity contribution in [2.24, 2.45) is 0 Å². The summed E-state index contributed by atoms with van der Waals surface area (Å²) in [6, 6.07) is -0.133. The van der Waals surface area contributed by atoms with Gasteiger partial charge in [-0.05, 0) is 13.8 Å². The van der Waals surface area contributed by atoms with Gasteiger partial charge in [0.25, 0.3) is 0 Å². The van der Waals surface area contributed by atoms with Crippen LogP contribution in [0.5, 0.6) is 0 Å². The fourth-order valence-corrected chi connectivity index (χ4v) is 2.39. The molecule has 0 amide bonds. The molecule has 6 heteroatoms. The van der Waals surface area contributed by atoms with Gasteiger partial charge >= 0.3 is 11.4 Å². The number of hydrogen-bond acceptors (Lipinski definition) is 4. The van der Waals surface area contributed by atoms with Crippen molar-refractivity contribution in [2.45, 2.75) is 31.6 Å². The first-order valence-corrected chi connectivity index (χ1v) is 5.46. The van der Waals surface area contributed by atoms with Crippen LogP contribution >= 0.6 is 11.8 Å². The van der Waals surface area contributed by atoms with Crippen LogP contribution in [0.1, 0.15) is 19.9 Å². The molecule has 0 aliphatic carbocycles. The number of hydrogen-bond donors (Lipinski definition) is 0. The predicted octanol–water partition coefficient (Wildman–Crippen LogP) is 0.0916. The zero-order valence-electron chi connectivity index (χ0n) is 8.06. The van der Waals surface area contributed by atoms with Crippen LogP contribution in [0.2, 0.25) is 0 Å². The Hall–Kier alpha value is -1.04. The molecule has 0 atom stereocenters. The molecule has 1 aliphatic heterocycles. The van der Waals surface area contributed by atoms with E-state index < -0.39 is 5.69 Å². The van der Waals surface area contributed by atoms with Crippen molar-refractivity contribution in [3.05, 3.63) is 21.0 Å². The van der Waals surface area contributed by atoms with E-state index in [9.17, 15) is 9.59 Å². The minimum atomic E-state index is -0.439. The lowest BCUT2D eigenvalue weighted by atomic mass is 10.4. The van der Waals surface area contributed by atoms with Crippen molar-refractivity contribution in [3.63, 3.8) is 0 Å². The van der Waals surface area contributed by atoms with Gasteiger partial charge in [0, 0.05) is 18.3 Å². The van der Waals surface area contributed by atoms with Crippen LogP contribution in [0.3, 0.4) is 0 Å². The van der Waals surface area contributed by atoms with Crippen LogP contribution in [0.25, 0.3) is 0 Å². The van der Waals surface area contributed by atoms with E-state index in [0.717, 1.165) is 5.75 Å². The molecule has 76 valence electrons. The fraction of sp³-hybridized carbons (Fsp3) is 0.625. The Labute approximate surface area is 84.8 Å². The SMILES string of the molecule is CC(C)n1c(=O)nc2n(c1=O)CCS2. The molecule has 0 spiro atoms. The maximum Gasteiger partial charge on any atom is 0.354 e. The molecule has 14 heavy (non-hydrogen) atoms. The summed E-state index contributed by atoms with van der Waals surface area (Å²) in [5.74, 6) is 0.823. The third kappa shape index (κ3) is 1.30. The Bertz CT molecular complexity index is 474. The summed E-state index contributed by atoms with van der Waals surface area (Å²) in [6.07, 6.45) is 0. The van der Waals surface area contributed by atoms with E-state index >= 15 is 0 Å². The maximum absolute atomic E-state index is 11.8. The summed E-state index contributed by atoms with van der Waals surface area (Å²) in [4.78, 5) is 27.1. The summed E-state index contributed by atoms with van der Waals surface area (Å²) >= 11 is 1.46. The van der Waals surface area contributed by atoms with E-state index in [0.29, 0.717) is 11.7 Å². The maximum atomic E-state index is 11.8. The first-order chi connectivity index (χ1) is 6.61. The standard InChI is InChI=1S/C8H11N3O2S/c1-5(2)11-6(12)9-7-10(8(11)13)3-4-14-7/h5H,3-4H2,1-2H3. The molecule has 1 aromatic rings. The molecule has 0 saturated carbocycles. The van der Waals surface area contributed by atoms with E-state index in [1.54, 1.807) is 18.4 Å². The second kappa shape index (κ2) is 3.27. The normalized spacial score (nSPS) is 14.8. The highest BCUT2D eigenvalue weighted by Crippen LogP contribution is 2.19. The summed E-state index contributed by atoms with van der Waals surface area (Å²) in [5.41, 5.74) is -0.675. The number of thioether (sulfide) groups is 1. The van der Waals surface area contributed by atoms with Crippen LogP contribution in [0.4, 0.5) is 0 Å². The first kappa shape index (κ1) is 9.51. The molecular formula is C8H11N3O2S. The lowest BCUT2D eigenvalue weighted by Gasteiger charge is -2.09. The van der Waals surface area contributed by atoms with Crippen molar-refractivity contribution in [1.82, 2.24) is 14.1 Å². The van der Waals surface area contributed by atoms with Crippen molar-refractivity contribution < 1.29 is 0 Å². The zero-order chi connectivity index (χ0) is 10.3. The minimum Gasteiger partial charge on any atom is -0.271 e. The zero-order valence-corrected chi connectivity index (χ0v) is 8.87. The monoisotopic (exact) mass is 213 g/mol. The van der Waals surface area contributed by atoms with Crippen molar-refractivity contribution in [3.8, 4) is 0 Å². The van der Waals surface area contributed by atoms with E-state index in [-0.39, 0.29) is 11.7 Å². The van der Waals surface area contributed by atoms with Gasteiger partial charge < -0.3 is 0 Å². The fourth-order valence-electron chi connectivity index (χ4n) is 1.46. The Morgan fingerprint density at radius 1 is 1.43 bits per heavy atom. The molecule has 0 unspecified atom stereocenters. The lowest BCUT2D eigenvalue weighted by Crippen LogP contribution is -2.42. The highest BCUT2D eigenvalue weighted by atomic mass is 32.2. The van der Waals surface area contributed by atoms with Crippen LogP contribution in [0, 0.1) is 0 Å². The summed E-state index contributed by atoms with van der Waals surface area (Å²) in [5, 5.41) is 0.553. The molecule has 2 heterocycles. The summed E-state index contributed by atoms with van der Waals surface area (Å²) in [6.45, 7) is 4.26. The van der Waals surface area contributed by atoms with Gasteiger partial charge in [-0.3, -0.25) is 4.57 Å². The minimum absolute atomic E-state index is 0.133. The van der Waals surface area contributed by atoms with Crippen molar-refractivity contribution >= 4 is 11.8 Å². The van der Waals surface area contributed by atoms with E-state index in [1.807, 2.05) is 0 Å². The molecule has 5 nitrogen and oxygen atoms in total. The third-order valence-electron chi connectivity index (χ3n) is 2.13. The molecule has 0 aromatic carbocycles. The number of aromatic nitrogens is 3. The Morgan fingerprint density at radius 3 is 2.79 bits per heavy atom. The van der Waals surface area contributed by atoms with Gasteiger partial charge in [-0.15, -0.1) is 0 Å². The second-order valence-electron chi connectivity index (χ2n) is 3.42. The number of nitrogens with zero attached hydrogens (tertiary/aromatic N) is 3. The number of fused-ring (bicyclic) bond motifs is 1. The average molecular weight is 213 g/mol. The highest BCUT2D eigenvalue weighted by molar-refractivity contribution is 7.99. The Morgan fingerprint density at radius 2 is 2.14 bits per heavy atom. The van der Waals surface area contributed by atoms with Crippen LogP contribution < -0.4 is 11.4 Å². The van der Waals surface area contributed by atoms with Crippen molar-refractivity contribution in [2.75, 3.05) is 5.75 Å².